The van der Waals surface area contributed by atoms with Crippen molar-refractivity contribution in [1.82, 2.24) is 0 Å². The number of carbonyl (C=O) groups excluding carboxylic acids is 1. The first-order valence-corrected chi connectivity index (χ1v) is 8.23. The van der Waals surface area contributed by atoms with Gasteiger partial charge in [-0.15, -0.1) is 0 Å². The largest absolute Gasteiger partial charge is 0.426 e. The molecule has 1 saturated carbocycles. The normalized spacial score (nSPS) is 18.8. The van der Waals surface area contributed by atoms with Gasteiger partial charge in [-0.3, -0.25) is 4.79 Å². The Hall–Kier alpha value is -2.87. The van der Waals surface area contributed by atoms with Gasteiger partial charge in [-0.25, -0.2) is 0 Å². The predicted octanol–water partition coefficient (Wildman–Crippen LogP) is 5.06. The third kappa shape index (κ3) is 3.09. The molecule has 2 heteroatoms. The Morgan fingerprint density at radius 1 is 0.750 bits per heavy atom. The summed E-state index contributed by atoms with van der Waals surface area (Å²) >= 11 is 0. The molecule has 1 aliphatic rings. The lowest BCUT2D eigenvalue weighted by atomic mass is 10.1. The minimum Gasteiger partial charge on any atom is -0.426 e. The first-order chi connectivity index (χ1) is 11.8. The van der Waals surface area contributed by atoms with Gasteiger partial charge in [0, 0.05) is 0 Å². The van der Waals surface area contributed by atoms with Crippen LogP contribution < -0.4 is 4.74 Å². The molecule has 0 amide bonds. The summed E-state index contributed by atoms with van der Waals surface area (Å²) in [6.07, 6.45) is 0.880. The van der Waals surface area contributed by atoms with Crippen LogP contribution in [-0.2, 0) is 4.79 Å². The van der Waals surface area contributed by atoms with Gasteiger partial charge >= 0.3 is 5.97 Å². The number of ether oxygens (including phenoxy) is 1. The summed E-state index contributed by atoms with van der Waals surface area (Å²) in [4.78, 5) is 12.3. The quantitative estimate of drug-likeness (QED) is 0.497. The molecule has 0 heterocycles. The fraction of sp³-hybridized carbons (Fsp3) is 0.136. The Balaban J connectivity index is 1.40. The van der Waals surface area contributed by atoms with Crippen molar-refractivity contribution in [1.29, 1.82) is 0 Å². The molecule has 2 atom stereocenters. The summed E-state index contributed by atoms with van der Waals surface area (Å²) < 4.78 is 5.54. The van der Waals surface area contributed by atoms with Gasteiger partial charge < -0.3 is 4.74 Å². The lowest BCUT2D eigenvalue weighted by Crippen LogP contribution is -2.11. The standard InChI is InChI=1S/C22H18O2/c23-22(21-15-20(21)18-9-5-2-6-10-18)24-19-13-11-17(12-14-19)16-7-3-1-4-8-16/h1-14,20-21H,15H2/t20-,21+/m0/s1. The van der Waals surface area contributed by atoms with Gasteiger partial charge in [0.05, 0.1) is 5.92 Å². The molecule has 0 aromatic heterocycles. The van der Waals surface area contributed by atoms with E-state index < -0.39 is 0 Å². The summed E-state index contributed by atoms with van der Waals surface area (Å²) in [5, 5.41) is 0. The summed E-state index contributed by atoms with van der Waals surface area (Å²) in [5.74, 6) is 0.776. The van der Waals surface area contributed by atoms with Gasteiger partial charge in [0.25, 0.3) is 0 Å². The van der Waals surface area contributed by atoms with E-state index in [1.165, 1.54) is 5.56 Å². The fourth-order valence-corrected chi connectivity index (χ4v) is 3.06. The van der Waals surface area contributed by atoms with E-state index in [1.807, 2.05) is 60.7 Å². The molecule has 1 fully saturated rings. The number of carbonyl (C=O) groups is 1. The van der Waals surface area contributed by atoms with E-state index in [9.17, 15) is 4.79 Å². The number of hydrogen-bond acceptors (Lipinski definition) is 2. The highest BCUT2D eigenvalue weighted by atomic mass is 16.5. The van der Waals surface area contributed by atoms with E-state index >= 15 is 0 Å². The number of hydrogen-bond donors (Lipinski definition) is 0. The number of rotatable bonds is 4. The van der Waals surface area contributed by atoms with Gasteiger partial charge in [0.1, 0.15) is 5.75 Å². The first kappa shape index (κ1) is 14.7. The molecule has 3 aromatic rings. The van der Waals surface area contributed by atoms with Crippen molar-refractivity contribution in [3.63, 3.8) is 0 Å². The molecule has 0 unspecified atom stereocenters. The van der Waals surface area contributed by atoms with Crippen LogP contribution in [0.4, 0.5) is 0 Å². The van der Waals surface area contributed by atoms with Crippen LogP contribution in [0.2, 0.25) is 0 Å². The van der Waals surface area contributed by atoms with Crippen molar-refractivity contribution in [2.75, 3.05) is 0 Å². The van der Waals surface area contributed by atoms with Crippen molar-refractivity contribution in [3.05, 3.63) is 90.5 Å². The van der Waals surface area contributed by atoms with Crippen LogP contribution in [0, 0.1) is 5.92 Å². The van der Waals surface area contributed by atoms with Crippen LogP contribution in [0.25, 0.3) is 11.1 Å². The Morgan fingerprint density at radius 3 is 2.00 bits per heavy atom. The zero-order valence-corrected chi connectivity index (χ0v) is 13.3. The third-order valence-electron chi connectivity index (χ3n) is 4.50. The average Bonchev–Trinajstić information content (AvgIpc) is 3.45. The first-order valence-electron chi connectivity index (χ1n) is 8.23. The highest BCUT2D eigenvalue weighted by Crippen LogP contribution is 2.48. The van der Waals surface area contributed by atoms with Crippen LogP contribution >= 0.6 is 0 Å². The van der Waals surface area contributed by atoms with Crippen molar-refractivity contribution < 1.29 is 9.53 Å². The molecule has 0 saturated heterocycles. The van der Waals surface area contributed by atoms with E-state index in [0.717, 1.165) is 17.5 Å². The Morgan fingerprint density at radius 2 is 1.33 bits per heavy atom. The molecule has 2 nitrogen and oxygen atoms in total. The van der Waals surface area contributed by atoms with E-state index in [1.54, 1.807) is 0 Å². The van der Waals surface area contributed by atoms with Crippen LogP contribution in [0.3, 0.4) is 0 Å². The zero-order chi connectivity index (χ0) is 16.4. The van der Waals surface area contributed by atoms with Gasteiger partial charge in [-0.2, -0.15) is 0 Å². The van der Waals surface area contributed by atoms with Crippen molar-refractivity contribution in [3.8, 4) is 16.9 Å². The maximum Gasteiger partial charge on any atom is 0.314 e. The second kappa shape index (κ2) is 6.32. The maximum atomic E-state index is 12.3. The van der Waals surface area contributed by atoms with Crippen LogP contribution in [0.1, 0.15) is 17.9 Å². The maximum absolute atomic E-state index is 12.3. The molecule has 118 valence electrons. The molecule has 0 N–H and O–H groups in total. The summed E-state index contributed by atoms with van der Waals surface area (Å²) in [6.45, 7) is 0. The van der Waals surface area contributed by atoms with E-state index in [4.69, 9.17) is 4.74 Å². The summed E-state index contributed by atoms with van der Waals surface area (Å²) in [7, 11) is 0. The highest BCUT2D eigenvalue weighted by Gasteiger charge is 2.45. The van der Waals surface area contributed by atoms with E-state index in [2.05, 4.69) is 24.3 Å². The smallest absolute Gasteiger partial charge is 0.314 e. The lowest BCUT2D eigenvalue weighted by molar-refractivity contribution is -0.135. The molecular formula is C22H18O2. The van der Waals surface area contributed by atoms with Gasteiger partial charge in [0.15, 0.2) is 0 Å². The molecule has 0 radical (unpaired) electrons. The number of benzene rings is 3. The molecule has 1 aliphatic carbocycles. The topological polar surface area (TPSA) is 26.3 Å². The monoisotopic (exact) mass is 314 g/mol. The predicted molar refractivity (Wildman–Crippen MR) is 94.8 cm³/mol. The van der Waals surface area contributed by atoms with Crippen LogP contribution in [-0.4, -0.2) is 5.97 Å². The zero-order valence-electron chi connectivity index (χ0n) is 13.3. The lowest BCUT2D eigenvalue weighted by Gasteiger charge is -2.06. The molecule has 0 spiro atoms. The fourth-order valence-electron chi connectivity index (χ4n) is 3.06. The van der Waals surface area contributed by atoms with Crippen LogP contribution in [0.15, 0.2) is 84.9 Å². The molecule has 4 rings (SSSR count). The SMILES string of the molecule is O=C(Oc1ccc(-c2ccccc2)cc1)[C@@H]1C[C@H]1c1ccccc1. The summed E-state index contributed by atoms with van der Waals surface area (Å²) in [6, 6.07) is 28.0. The molecule has 0 bridgehead atoms. The Bertz CT molecular complexity index is 823. The van der Waals surface area contributed by atoms with Gasteiger partial charge in [-0.05, 0) is 41.2 Å². The van der Waals surface area contributed by atoms with E-state index in [0.29, 0.717) is 11.7 Å². The number of esters is 1. The highest BCUT2D eigenvalue weighted by molar-refractivity contribution is 5.79. The van der Waals surface area contributed by atoms with Crippen molar-refractivity contribution >= 4 is 5.97 Å². The minimum atomic E-state index is -0.128. The second-order valence-electron chi connectivity index (χ2n) is 6.17. The van der Waals surface area contributed by atoms with Crippen LogP contribution in [0.5, 0.6) is 5.75 Å². The Labute approximate surface area is 141 Å². The minimum absolute atomic E-state index is 0.0128. The van der Waals surface area contributed by atoms with Gasteiger partial charge in [-0.1, -0.05) is 72.8 Å². The van der Waals surface area contributed by atoms with Crippen molar-refractivity contribution in [2.24, 2.45) is 5.92 Å². The third-order valence-corrected chi connectivity index (χ3v) is 4.50. The van der Waals surface area contributed by atoms with E-state index in [-0.39, 0.29) is 11.9 Å². The molecule has 3 aromatic carbocycles. The van der Waals surface area contributed by atoms with Crippen molar-refractivity contribution in [2.45, 2.75) is 12.3 Å². The Kier molecular flexibility index (Phi) is 3.87. The molecule has 0 aliphatic heterocycles. The summed E-state index contributed by atoms with van der Waals surface area (Å²) in [5.41, 5.74) is 3.49. The average molecular weight is 314 g/mol. The second-order valence-corrected chi connectivity index (χ2v) is 6.17. The molecular weight excluding hydrogens is 296 g/mol. The van der Waals surface area contributed by atoms with Gasteiger partial charge in [0.2, 0.25) is 0 Å². The molecule has 24 heavy (non-hydrogen) atoms.